The maximum absolute atomic E-state index is 13.5. The normalized spacial score (nSPS) is 11.3. The molecule has 0 amide bonds. The third kappa shape index (κ3) is 3.11. The summed E-state index contributed by atoms with van der Waals surface area (Å²) in [7, 11) is 0. The summed E-state index contributed by atoms with van der Waals surface area (Å²) < 4.78 is 15.7. The van der Waals surface area contributed by atoms with Crippen LogP contribution in [0.25, 0.3) is 31.4 Å². The number of aromatic nitrogens is 1. The molecule has 5 aromatic rings. The molecule has 0 radical (unpaired) electrons. The third-order valence-electron chi connectivity index (χ3n) is 4.80. The van der Waals surface area contributed by atoms with Gasteiger partial charge in [0.05, 0.1) is 5.69 Å². The van der Waals surface area contributed by atoms with E-state index in [-0.39, 0.29) is 5.82 Å². The van der Waals surface area contributed by atoms with Crippen molar-refractivity contribution >= 4 is 31.5 Å². The molecule has 27 heavy (non-hydrogen) atoms. The lowest BCUT2D eigenvalue weighted by atomic mass is 10.0. The highest BCUT2D eigenvalue weighted by molar-refractivity contribution is 7.25. The lowest BCUT2D eigenvalue weighted by Gasteiger charge is -2.06. The van der Waals surface area contributed by atoms with Crippen molar-refractivity contribution in [1.29, 1.82) is 0 Å². The molecule has 2 heterocycles. The van der Waals surface area contributed by atoms with Crippen LogP contribution in [-0.4, -0.2) is 4.98 Å². The summed E-state index contributed by atoms with van der Waals surface area (Å²) >= 11 is 1.62. The predicted molar refractivity (Wildman–Crippen MR) is 112 cm³/mol. The third-order valence-corrected chi connectivity index (χ3v) is 5.94. The zero-order chi connectivity index (χ0) is 18.2. The first-order valence-corrected chi connectivity index (χ1v) is 9.69. The molecule has 5 rings (SSSR count). The summed E-state index contributed by atoms with van der Waals surface area (Å²) in [4.78, 5) is 4.58. The minimum absolute atomic E-state index is 0.190. The number of pyridine rings is 1. The van der Waals surface area contributed by atoms with Crippen LogP contribution in [0.15, 0.2) is 85.1 Å². The number of halogens is 1. The van der Waals surface area contributed by atoms with E-state index in [0.29, 0.717) is 0 Å². The first kappa shape index (κ1) is 16.2. The van der Waals surface area contributed by atoms with E-state index >= 15 is 0 Å². The molecular weight excluding hydrogens is 353 g/mol. The van der Waals surface area contributed by atoms with Gasteiger partial charge in [-0.3, -0.25) is 4.98 Å². The topological polar surface area (TPSA) is 12.9 Å². The first-order valence-electron chi connectivity index (χ1n) is 8.87. The van der Waals surface area contributed by atoms with Crippen LogP contribution in [0.4, 0.5) is 4.39 Å². The van der Waals surface area contributed by atoms with Gasteiger partial charge in [0.25, 0.3) is 0 Å². The molecule has 0 N–H and O–H groups in total. The van der Waals surface area contributed by atoms with Crippen LogP contribution in [0.2, 0.25) is 0 Å². The highest BCUT2D eigenvalue weighted by Crippen LogP contribution is 2.36. The standard InChI is InChI=1S/C24H16FNS/c25-19-7-8-20-21-14-18(6-9-23(21)27-24(20)15-19)22-13-17(10-11-26-22)12-16-4-2-1-3-5-16/h1-11,13-15H,12H2. The summed E-state index contributed by atoms with van der Waals surface area (Å²) in [6.07, 6.45) is 2.76. The van der Waals surface area contributed by atoms with E-state index in [4.69, 9.17) is 0 Å². The van der Waals surface area contributed by atoms with Gasteiger partial charge in [-0.15, -0.1) is 11.3 Å². The quantitative estimate of drug-likeness (QED) is 0.339. The minimum Gasteiger partial charge on any atom is -0.256 e. The fourth-order valence-corrected chi connectivity index (χ4v) is 4.60. The van der Waals surface area contributed by atoms with Crippen LogP contribution in [0.3, 0.4) is 0 Å². The Morgan fingerprint density at radius 3 is 2.52 bits per heavy atom. The number of thiophene rings is 1. The SMILES string of the molecule is Fc1ccc2c(c1)sc1ccc(-c3cc(Cc4ccccc4)ccn3)cc12. The van der Waals surface area contributed by atoms with Crippen molar-refractivity contribution in [2.75, 3.05) is 0 Å². The van der Waals surface area contributed by atoms with Crippen LogP contribution < -0.4 is 0 Å². The summed E-state index contributed by atoms with van der Waals surface area (Å²) in [6.45, 7) is 0. The molecule has 0 aliphatic heterocycles. The largest absolute Gasteiger partial charge is 0.256 e. The van der Waals surface area contributed by atoms with Gasteiger partial charge in [-0.05, 0) is 53.9 Å². The Balaban J connectivity index is 1.57. The molecule has 0 saturated carbocycles. The van der Waals surface area contributed by atoms with E-state index in [0.717, 1.165) is 33.2 Å². The summed E-state index contributed by atoms with van der Waals surface area (Å²) in [5, 5.41) is 2.25. The lowest BCUT2D eigenvalue weighted by molar-refractivity contribution is 0.630. The van der Waals surface area contributed by atoms with Crippen molar-refractivity contribution in [3.05, 3.63) is 102 Å². The van der Waals surface area contributed by atoms with E-state index in [9.17, 15) is 4.39 Å². The highest BCUT2D eigenvalue weighted by Gasteiger charge is 2.09. The molecule has 3 heteroatoms. The molecule has 0 saturated heterocycles. The average molecular weight is 369 g/mol. The highest BCUT2D eigenvalue weighted by atomic mass is 32.1. The number of fused-ring (bicyclic) bond motifs is 3. The van der Waals surface area contributed by atoms with Crippen molar-refractivity contribution in [1.82, 2.24) is 4.98 Å². The second kappa shape index (κ2) is 6.60. The summed E-state index contributed by atoms with van der Waals surface area (Å²) in [5.74, 6) is -0.190. The molecule has 0 aliphatic rings. The monoisotopic (exact) mass is 369 g/mol. The second-order valence-corrected chi connectivity index (χ2v) is 7.75. The number of rotatable bonds is 3. The molecule has 130 valence electrons. The van der Waals surface area contributed by atoms with E-state index in [1.807, 2.05) is 18.3 Å². The van der Waals surface area contributed by atoms with Crippen molar-refractivity contribution < 1.29 is 4.39 Å². The van der Waals surface area contributed by atoms with Crippen LogP contribution in [0, 0.1) is 5.82 Å². The van der Waals surface area contributed by atoms with Gasteiger partial charge in [0, 0.05) is 31.9 Å². The number of benzene rings is 3. The van der Waals surface area contributed by atoms with Gasteiger partial charge in [-0.25, -0.2) is 4.39 Å². The minimum atomic E-state index is -0.190. The smallest absolute Gasteiger partial charge is 0.124 e. The Morgan fingerprint density at radius 1 is 0.741 bits per heavy atom. The number of hydrogen-bond acceptors (Lipinski definition) is 2. The Hall–Kier alpha value is -3.04. The molecule has 0 fully saturated rings. The van der Waals surface area contributed by atoms with E-state index in [1.54, 1.807) is 17.4 Å². The fraction of sp³-hybridized carbons (Fsp3) is 0.0417. The van der Waals surface area contributed by atoms with Gasteiger partial charge < -0.3 is 0 Å². The maximum atomic E-state index is 13.5. The Labute approximate surface area is 160 Å². The van der Waals surface area contributed by atoms with Crippen molar-refractivity contribution in [2.24, 2.45) is 0 Å². The predicted octanol–water partition coefficient (Wildman–Crippen LogP) is 6.85. The summed E-state index contributed by atoms with van der Waals surface area (Å²) in [6, 6.07) is 26.1. The van der Waals surface area contributed by atoms with Gasteiger partial charge in [-0.2, -0.15) is 0 Å². The van der Waals surface area contributed by atoms with E-state index in [1.165, 1.54) is 21.9 Å². The molecule has 0 atom stereocenters. The Morgan fingerprint density at radius 2 is 1.63 bits per heavy atom. The summed E-state index contributed by atoms with van der Waals surface area (Å²) in [5.41, 5.74) is 4.58. The van der Waals surface area contributed by atoms with E-state index in [2.05, 4.69) is 59.6 Å². The molecule has 0 bridgehead atoms. The average Bonchev–Trinajstić information content (AvgIpc) is 3.05. The van der Waals surface area contributed by atoms with Gasteiger partial charge in [0.15, 0.2) is 0 Å². The van der Waals surface area contributed by atoms with Gasteiger partial charge in [0.2, 0.25) is 0 Å². The van der Waals surface area contributed by atoms with Crippen LogP contribution >= 0.6 is 11.3 Å². The van der Waals surface area contributed by atoms with Gasteiger partial charge in [0.1, 0.15) is 5.82 Å². The molecule has 0 unspecified atom stereocenters. The molecule has 2 aromatic heterocycles. The number of nitrogens with zero attached hydrogens (tertiary/aromatic N) is 1. The van der Waals surface area contributed by atoms with Gasteiger partial charge >= 0.3 is 0 Å². The molecular formula is C24H16FNS. The van der Waals surface area contributed by atoms with Crippen molar-refractivity contribution in [2.45, 2.75) is 6.42 Å². The number of hydrogen-bond donors (Lipinski definition) is 0. The van der Waals surface area contributed by atoms with Crippen molar-refractivity contribution in [3.63, 3.8) is 0 Å². The molecule has 1 nitrogen and oxygen atoms in total. The Bertz CT molecular complexity index is 1260. The maximum Gasteiger partial charge on any atom is 0.124 e. The van der Waals surface area contributed by atoms with Crippen LogP contribution in [0.5, 0.6) is 0 Å². The van der Waals surface area contributed by atoms with E-state index < -0.39 is 0 Å². The lowest BCUT2D eigenvalue weighted by Crippen LogP contribution is -1.90. The molecule has 3 aromatic carbocycles. The zero-order valence-corrected chi connectivity index (χ0v) is 15.3. The van der Waals surface area contributed by atoms with Crippen molar-refractivity contribution in [3.8, 4) is 11.3 Å². The molecule has 0 aliphatic carbocycles. The fourth-order valence-electron chi connectivity index (χ4n) is 3.48. The molecule has 0 spiro atoms. The second-order valence-electron chi connectivity index (χ2n) is 6.67. The first-order chi connectivity index (χ1) is 13.3. The van der Waals surface area contributed by atoms with Crippen LogP contribution in [0.1, 0.15) is 11.1 Å². The zero-order valence-electron chi connectivity index (χ0n) is 14.5. The van der Waals surface area contributed by atoms with Gasteiger partial charge in [-0.1, -0.05) is 42.5 Å². The Kier molecular flexibility index (Phi) is 3.95. The van der Waals surface area contributed by atoms with Crippen LogP contribution in [-0.2, 0) is 6.42 Å².